The molecule has 0 radical (unpaired) electrons. The number of hydrogen-bond donors (Lipinski definition) is 1. The lowest BCUT2D eigenvalue weighted by Crippen LogP contribution is -2.31. The molecule has 2 aromatic heterocycles. The van der Waals surface area contributed by atoms with Crippen LogP contribution in [-0.4, -0.2) is 15.5 Å². The van der Waals surface area contributed by atoms with Gasteiger partial charge in [0.15, 0.2) is 0 Å². The Morgan fingerprint density at radius 3 is 2.96 bits per heavy atom. The Morgan fingerprint density at radius 1 is 1.42 bits per heavy atom. The first-order chi connectivity index (χ1) is 11.6. The maximum atomic E-state index is 13.6. The van der Waals surface area contributed by atoms with Gasteiger partial charge in [-0.15, -0.1) is 0 Å². The molecule has 0 aliphatic carbocycles. The number of aryl methyl sites for hydroxylation is 2. The van der Waals surface area contributed by atoms with Gasteiger partial charge in [-0.1, -0.05) is 12.1 Å². The summed E-state index contributed by atoms with van der Waals surface area (Å²) in [5, 5.41) is 7.02. The maximum Gasteiger partial charge on any atom is 0.221 e. The molecule has 1 N–H and O–H groups in total. The van der Waals surface area contributed by atoms with Crippen LogP contribution in [0.15, 0.2) is 53.5 Å². The molecule has 24 heavy (non-hydrogen) atoms. The number of halogens is 1. The highest BCUT2D eigenvalue weighted by atomic mass is 32.1. The highest BCUT2D eigenvalue weighted by Gasteiger charge is 2.21. The summed E-state index contributed by atoms with van der Waals surface area (Å²) in [6.45, 7) is 0. The van der Waals surface area contributed by atoms with Crippen LogP contribution in [0.1, 0.15) is 29.4 Å². The Bertz CT molecular complexity index is 813. The number of nitrogens with zero attached hydrogens (tertiary/aromatic N) is 2. The van der Waals surface area contributed by atoms with E-state index in [0.717, 1.165) is 5.56 Å². The minimum atomic E-state index is -0.476. The van der Waals surface area contributed by atoms with Crippen molar-refractivity contribution < 1.29 is 9.18 Å². The zero-order valence-corrected chi connectivity index (χ0v) is 14.1. The molecule has 3 aromatic rings. The monoisotopic (exact) mass is 343 g/mol. The van der Waals surface area contributed by atoms with Crippen LogP contribution in [0.3, 0.4) is 0 Å². The van der Waals surface area contributed by atoms with Gasteiger partial charge in [0.25, 0.3) is 0 Å². The second-order valence-electron chi connectivity index (χ2n) is 5.58. The largest absolute Gasteiger partial charge is 0.342 e. The van der Waals surface area contributed by atoms with Gasteiger partial charge in [0.05, 0.1) is 0 Å². The molecule has 0 aliphatic heterocycles. The number of carbonyl (C=O) groups is 1. The van der Waals surface area contributed by atoms with E-state index in [1.807, 2.05) is 28.4 Å². The van der Waals surface area contributed by atoms with Crippen LogP contribution >= 0.6 is 11.3 Å². The summed E-state index contributed by atoms with van der Waals surface area (Å²) in [6.07, 6.45) is 4.54. The fraction of sp³-hybridized carbons (Fsp3) is 0.222. The van der Waals surface area contributed by atoms with Crippen LogP contribution in [0.4, 0.5) is 4.39 Å². The summed E-state index contributed by atoms with van der Waals surface area (Å²) in [4.78, 5) is 16.7. The van der Waals surface area contributed by atoms with E-state index in [1.165, 1.54) is 12.1 Å². The number of nitrogens with one attached hydrogen (secondary N) is 1. The number of hydrogen-bond acceptors (Lipinski definition) is 3. The molecule has 124 valence electrons. The van der Waals surface area contributed by atoms with E-state index in [9.17, 15) is 9.18 Å². The molecule has 0 unspecified atom stereocenters. The topological polar surface area (TPSA) is 46.9 Å². The van der Waals surface area contributed by atoms with Crippen LogP contribution in [-0.2, 0) is 18.3 Å². The number of carbonyl (C=O) groups excluding carboxylic acids is 1. The van der Waals surface area contributed by atoms with Gasteiger partial charge < -0.3 is 9.88 Å². The second kappa shape index (κ2) is 7.40. The Kier molecular flexibility index (Phi) is 5.05. The van der Waals surface area contributed by atoms with E-state index in [4.69, 9.17) is 0 Å². The van der Waals surface area contributed by atoms with E-state index in [1.54, 1.807) is 35.9 Å². The maximum absolute atomic E-state index is 13.6. The number of imidazole rings is 1. The first-order valence-corrected chi connectivity index (χ1v) is 8.61. The summed E-state index contributed by atoms with van der Waals surface area (Å²) in [7, 11) is 1.85. The molecule has 0 saturated heterocycles. The standard InChI is InChI=1S/C18H18FN3OS/c1-22-9-8-20-18(22)17(14-3-2-4-15(19)11-14)21-16(23)6-5-13-7-10-24-12-13/h2-4,7-12,17H,5-6H2,1H3,(H,21,23)/t17-/m0/s1. The molecular formula is C18H18FN3OS. The molecule has 1 atom stereocenters. The smallest absolute Gasteiger partial charge is 0.221 e. The molecule has 0 bridgehead atoms. The molecule has 2 heterocycles. The van der Waals surface area contributed by atoms with E-state index >= 15 is 0 Å². The van der Waals surface area contributed by atoms with E-state index < -0.39 is 6.04 Å². The van der Waals surface area contributed by atoms with Crippen molar-refractivity contribution in [3.8, 4) is 0 Å². The van der Waals surface area contributed by atoms with Crippen LogP contribution in [0.25, 0.3) is 0 Å². The lowest BCUT2D eigenvalue weighted by Gasteiger charge is -2.19. The molecule has 4 nitrogen and oxygen atoms in total. The third-order valence-corrected chi connectivity index (χ3v) is 4.56. The second-order valence-corrected chi connectivity index (χ2v) is 6.36. The van der Waals surface area contributed by atoms with Crippen molar-refractivity contribution in [2.45, 2.75) is 18.9 Å². The zero-order chi connectivity index (χ0) is 16.9. The Labute approximate surface area is 144 Å². The lowest BCUT2D eigenvalue weighted by molar-refractivity contribution is -0.121. The van der Waals surface area contributed by atoms with E-state index in [0.29, 0.717) is 24.2 Å². The van der Waals surface area contributed by atoms with Gasteiger partial charge in [-0.05, 0) is 46.5 Å². The van der Waals surface area contributed by atoms with Gasteiger partial charge in [0.2, 0.25) is 5.91 Å². The van der Waals surface area contributed by atoms with Crippen LogP contribution in [0.5, 0.6) is 0 Å². The van der Waals surface area contributed by atoms with Gasteiger partial charge in [-0.25, -0.2) is 9.37 Å². The van der Waals surface area contributed by atoms with Crippen LogP contribution in [0, 0.1) is 5.82 Å². The van der Waals surface area contributed by atoms with E-state index in [-0.39, 0.29) is 11.7 Å². The summed E-state index contributed by atoms with van der Waals surface area (Å²) in [5.74, 6) is 0.252. The molecule has 0 fully saturated rings. The Morgan fingerprint density at radius 2 is 2.29 bits per heavy atom. The van der Waals surface area contributed by atoms with Crippen molar-refractivity contribution in [2.24, 2.45) is 7.05 Å². The van der Waals surface area contributed by atoms with Gasteiger partial charge in [0, 0.05) is 25.9 Å². The average molecular weight is 343 g/mol. The molecule has 0 saturated carbocycles. The molecule has 6 heteroatoms. The third kappa shape index (κ3) is 3.89. The minimum absolute atomic E-state index is 0.0848. The van der Waals surface area contributed by atoms with Gasteiger partial charge in [0.1, 0.15) is 17.7 Å². The molecule has 0 spiro atoms. The van der Waals surface area contributed by atoms with Crippen molar-refractivity contribution in [3.63, 3.8) is 0 Å². The minimum Gasteiger partial charge on any atom is -0.342 e. The molecular weight excluding hydrogens is 325 g/mol. The summed E-state index contributed by atoms with van der Waals surface area (Å²) in [6, 6.07) is 7.78. The predicted octanol–water partition coefficient (Wildman–Crippen LogP) is 3.46. The first-order valence-electron chi connectivity index (χ1n) is 7.66. The normalized spacial score (nSPS) is 12.1. The number of thiophene rings is 1. The van der Waals surface area contributed by atoms with Crippen molar-refractivity contribution in [3.05, 3.63) is 76.3 Å². The summed E-state index contributed by atoms with van der Waals surface area (Å²) in [5.41, 5.74) is 1.82. The third-order valence-electron chi connectivity index (χ3n) is 3.82. The molecule has 3 rings (SSSR count). The quantitative estimate of drug-likeness (QED) is 0.745. The fourth-order valence-corrected chi connectivity index (χ4v) is 3.27. The zero-order valence-electron chi connectivity index (χ0n) is 13.3. The number of aromatic nitrogens is 2. The molecule has 0 aliphatic rings. The summed E-state index contributed by atoms with van der Waals surface area (Å²) < 4.78 is 15.4. The van der Waals surface area contributed by atoms with Gasteiger partial charge >= 0.3 is 0 Å². The number of amides is 1. The van der Waals surface area contributed by atoms with Gasteiger partial charge in [-0.2, -0.15) is 11.3 Å². The van der Waals surface area contributed by atoms with Crippen LogP contribution in [0.2, 0.25) is 0 Å². The molecule has 1 aromatic carbocycles. The predicted molar refractivity (Wildman–Crippen MR) is 92.2 cm³/mol. The SMILES string of the molecule is Cn1ccnc1[C@@H](NC(=O)CCc1ccsc1)c1cccc(F)c1. The van der Waals surface area contributed by atoms with Crippen LogP contribution < -0.4 is 5.32 Å². The lowest BCUT2D eigenvalue weighted by atomic mass is 10.1. The highest BCUT2D eigenvalue weighted by molar-refractivity contribution is 7.07. The van der Waals surface area contributed by atoms with Crippen molar-refractivity contribution in [1.82, 2.24) is 14.9 Å². The van der Waals surface area contributed by atoms with Crippen molar-refractivity contribution >= 4 is 17.2 Å². The van der Waals surface area contributed by atoms with Crippen molar-refractivity contribution in [1.29, 1.82) is 0 Å². The number of benzene rings is 1. The molecule has 1 amide bonds. The highest BCUT2D eigenvalue weighted by Crippen LogP contribution is 2.21. The van der Waals surface area contributed by atoms with E-state index in [2.05, 4.69) is 10.3 Å². The van der Waals surface area contributed by atoms with Gasteiger partial charge in [-0.3, -0.25) is 4.79 Å². The summed E-state index contributed by atoms with van der Waals surface area (Å²) >= 11 is 1.62. The Balaban J connectivity index is 1.77. The first kappa shape index (κ1) is 16.4. The average Bonchev–Trinajstić information content (AvgIpc) is 3.22. The number of rotatable bonds is 6. The fourth-order valence-electron chi connectivity index (χ4n) is 2.56. The van der Waals surface area contributed by atoms with Crippen molar-refractivity contribution in [2.75, 3.05) is 0 Å². The Hall–Kier alpha value is -2.47.